The number of amidine groups is 1. The quantitative estimate of drug-likeness (QED) is 0.342. The van der Waals surface area contributed by atoms with Crippen LogP contribution >= 0.6 is 0 Å². The molecule has 4 N–H and O–H groups in total. The predicted molar refractivity (Wildman–Crippen MR) is 79.3 cm³/mol. The Balaban J connectivity index is 2.35. The highest BCUT2D eigenvalue weighted by Gasteiger charge is 2.14. The lowest BCUT2D eigenvalue weighted by atomic mass is 10.1. The van der Waals surface area contributed by atoms with E-state index in [9.17, 15) is 5.11 Å². The third-order valence-electron chi connectivity index (χ3n) is 3.26. The summed E-state index contributed by atoms with van der Waals surface area (Å²) in [6.07, 6.45) is 1.72. The molecular weight excluding hydrogens is 256 g/mol. The summed E-state index contributed by atoms with van der Waals surface area (Å²) in [6.45, 7) is 2.42. The fourth-order valence-corrected chi connectivity index (χ4v) is 2.13. The van der Waals surface area contributed by atoms with E-state index in [4.69, 9.17) is 10.9 Å². The van der Waals surface area contributed by atoms with Crippen LogP contribution in [0.1, 0.15) is 6.92 Å². The molecule has 1 heterocycles. The van der Waals surface area contributed by atoms with E-state index in [1.54, 1.807) is 18.3 Å². The molecule has 1 aromatic carbocycles. The topological polar surface area (TPSA) is 95.0 Å². The number of phenolic OH excluding ortho intramolecular Hbond substituents is 1. The SMILES string of the molecule is CC(CN(C)c1nccc2ccc(O)cc12)/C(N)=N/O. The van der Waals surface area contributed by atoms with Gasteiger partial charge in [-0.1, -0.05) is 18.1 Å². The molecule has 20 heavy (non-hydrogen) atoms. The van der Waals surface area contributed by atoms with Crippen molar-refractivity contribution in [2.75, 3.05) is 18.5 Å². The third-order valence-corrected chi connectivity index (χ3v) is 3.26. The number of aromatic hydroxyl groups is 1. The van der Waals surface area contributed by atoms with Crippen molar-refractivity contribution in [3.63, 3.8) is 0 Å². The van der Waals surface area contributed by atoms with Gasteiger partial charge in [0.25, 0.3) is 0 Å². The van der Waals surface area contributed by atoms with Crippen LogP contribution in [0.4, 0.5) is 5.82 Å². The van der Waals surface area contributed by atoms with Gasteiger partial charge in [-0.25, -0.2) is 4.98 Å². The van der Waals surface area contributed by atoms with Crippen molar-refractivity contribution in [2.24, 2.45) is 16.8 Å². The van der Waals surface area contributed by atoms with Gasteiger partial charge in [-0.05, 0) is 23.6 Å². The van der Waals surface area contributed by atoms with Crippen LogP contribution < -0.4 is 10.6 Å². The van der Waals surface area contributed by atoms with Gasteiger partial charge in [-0.2, -0.15) is 0 Å². The van der Waals surface area contributed by atoms with Crippen LogP contribution in [-0.4, -0.2) is 34.7 Å². The van der Waals surface area contributed by atoms with Crippen LogP contribution in [0, 0.1) is 5.92 Å². The van der Waals surface area contributed by atoms with E-state index in [0.29, 0.717) is 6.54 Å². The number of aromatic nitrogens is 1. The van der Waals surface area contributed by atoms with E-state index in [1.165, 1.54) is 0 Å². The standard InChI is InChI=1S/C14H18N4O2/c1-9(13(15)17-20)8-18(2)14-12-7-11(19)4-3-10(12)5-6-16-14/h3-7,9,19-20H,8H2,1-2H3,(H2,15,17). The first-order chi connectivity index (χ1) is 9.52. The smallest absolute Gasteiger partial charge is 0.143 e. The van der Waals surface area contributed by atoms with E-state index in [2.05, 4.69) is 10.1 Å². The van der Waals surface area contributed by atoms with Crippen molar-refractivity contribution in [3.8, 4) is 5.75 Å². The van der Waals surface area contributed by atoms with Crippen LogP contribution in [0.3, 0.4) is 0 Å². The second-order valence-electron chi connectivity index (χ2n) is 4.85. The van der Waals surface area contributed by atoms with Crippen LogP contribution in [0.2, 0.25) is 0 Å². The fourth-order valence-electron chi connectivity index (χ4n) is 2.13. The summed E-state index contributed by atoms with van der Waals surface area (Å²) in [7, 11) is 1.88. The molecule has 0 radical (unpaired) electrons. The zero-order chi connectivity index (χ0) is 14.7. The van der Waals surface area contributed by atoms with E-state index in [1.807, 2.05) is 31.0 Å². The van der Waals surface area contributed by atoms with Gasteiger partial charge in [0.05, 0.1) is 0 Å². The summed E-state index contributed by atoms with van der Waals surface area (Å²) >= 11 is 0. The number of hydrogen-bond acceptors (Lipinski definition) is 5. The van der Waals surface area contributed by atoms with Gasteiger partial charge >= 0.3 is 0 Å². The minimum atomic E-state index is -0.112. The minimum absolute atomic E-state index is 0.112. The normalized spacial score (nSPS) is 13.4. The number of phenols is 1. The molecule has 1 unspecified atom stereocenters. The molecule has 0 saturated carbocycles. The van der Waals surface area contributed by atoms with Crippen molar-refractivity contribution in [1.29, 1.82) is 0 Å². The summed E-state index contributed by atoms with van der Waals surface area (Å²) in [5, 5.41) is 23.2. The Morgan fingerprint density at radius 2 is 2.20 bits per heavy atom. The summed E-state index contributed by atoms with van der Waals surface area (Å²) in [5.41, 5.74) is 5.59. The van der Waals surface area contributed by atoms with E-state index < -0.39 is 0 Å². The van der Waals surface area contributed by atoms with Gasteiger partial charge in [0, 0.05) is 31.1 Å². The molecule has 0 spiro atoms. The van der Waals surface area contributed by atoms with E-state index in [-0.39, 0.29) is 17.5 Å². The lowest BCUT2D eigenvalue weighted by Gasteiger charge is -2.23. The second kappa shape index (κ2) is 5.64. The highest BCUT2D eigenvalue weighted by Crippen LogP contribution is 2.27. The highest BCUT2D eigenvalue weighted by molar-refractivity contribution is 5.93. The molecule has 1 atom stereocenters. The van der Waals surface area contributed by atoms with E-state index >= 15 is 0 Å². The molecule has 6 nitrogen and oxygen atoms in total. The first-order valence-corrected chi connectivity index (χ1v) is 6.29. The molecule has 0 bridgehead atoms. The number of benzene rings is 1. The number of oxime groups is 1. The Kier molecular flexibility index (Phi) is 3.93. The van der Waals surface area contributed by atoms with Gasteiger partial charge in [0.15, 0.2) is 0 Å². The van der Waals surface area contributed by atoms with Crippen molar-refractivity contribution >= 4 is 22.4 Å². The first-order valence-electron chi connectivity index (χ1n) is 6.29. The Bertz CT molecular complexity index is 642. The number of rotatable bonds is 4. The molecule has 2 rings (SSSR count). The molecule has 0 fully saturated rings. The summed E-state index contributed by atoms with van der Waals surface area (Å²) in [4.78, 5) is 6.28. The number of hydrogen-bond donors (Lipinski definition) is 3. The Morgan fingerprint density at radius 3 is 2.90 bits per heavy atom. The van der Waals surface area contributed by atoms with Crippen LogP contribution in [-0.2, 0) is 0 Å². The minimum Gasteiger partial charge on any atom is -0.508 e. The maximum absolute atomic E-state index is 9.63. The molecule has 0 aliphatic carbocycles. The average molecular weight is 274 g/mol. The Hall–Kier alpha value is -2.50. The number of nitrogens with zero attached hydrogens (tertiary/aromatic N) is 3. The second-order valence-corrected chi connectivity index (χ2v) is 4.85. The molecule has 1 aromatic heterocycles. The van der Waals surface area contributed by atoms with Crippen molar-refractivity contribution in [1.82, 2.24) is 4.98 Å². The van der Waals surface area contributed by atoms with Gasteiger partial charge in [-0.15, -0.1) is 0 Å². The molecule has 0 saturated heterocycles. The Labute approximate surface area is 117 Å². The fraction of sp³-hybridized carbons (Fsp3) is 0.286. The van der Waals surface area contributed by atoms with Crippen LogP contribution in [0.25, 0.3) is 10.8 Å². The zero-order valence-electron chi connectivity index (χ0n) is 11.5. The largest absolute Gasteiger partial charge is 0.508 e. The predicted octanol–water partition coefficient (Wildman–Crippen LogP) is 1.76. The van der Waals surface area contributed by atoms with Crippen molar-refractivity contribution in [3.05, 3.63) is 30.5 Å². The number of anilines is 1. The number of fused-ring (bicyclic) bond motifs is 1. The highest BCUT2D eigenvalue weighted by atomic mass is 16.4. The summed E-state index contributed by atoms with van der Waals surface area (Å²) in [6, 6.07) is 7.06. The lowest BCUT2D eigenvalue weighted by molar-refractivity contribution is 0.314. The molecule has 0 amide bonds. The van der Waals surface area contributed by atoms with Crippen molar-refractivity contribution < 1.29 is 10.3 Å². The monoisotopic (exact) mass is 274 g/mol. The van der Waals surface area contributed by atoms with Gasteiger partial charge in [0.1, 0.15) is 17.4 Å². The number of pyridine rings is 1. The van der Waals surface area contributed by atoms with Gasteiger partial charge in [0.2, 0.25) is 0 Å². The maximum Gasteiger partial charge on any atom is 0.143 e. The zero-order valence-corrected chi connectivity index (χ0v) is 11.5. The molecular formula is C14H18N4O2. The summed E-state index contributed by atoms with van der Waals surface area (Å²) < 4.78 is 0. The molecule has 0 aliphatic rings. The van der Waals surface area contributed by atoms with Crippen LogP contribution in [0.15, 0.2) is 35.6 Å². The Morgan fingerprint density at radius 1 is 1.45 bits per heavy atom. The van der Waals surface area contributed by atoms with Crippen molar-refractivity contribution in [2.45, 2.75) is 6.92 Å². The number of nitrogens with two attached hydrogens (primary N) is 1. The first kappa shape index (κ1) is 13.9. The molecule has 6 heteroatoms. The van der Waals surface area contributed by atoms with Crippen LogP contribution in [0.5, 0.6) is 5.75 Å². The third kappa shape index (κ3) is 2.74. The molecule has 0 aliphatic heterocycles. The van der Waals surface area contributed by atoms with E-state index in [0.717, 1.165) is 16.6 Å². The van der Waals surface area contributed by atoms with Gasteiger partial charge < -0.3 is 20.9 Å². The molecule has 2 aromatic rings. The summed E-state index contributed by atoms with van der Waals surface area (Å²) in [5.74, 6) is 1.01. The average Bonchev–Trinajstić information content (AvgIpc) is 2.45. The maximum atomic E-state index is 9.63. The molecule has 106 valence electrons. The van der Waals surface area contributed by atoms with Gasteiger partial charge in [-0.3, -0.25) is 0 Å². The lowest BCUT2D eigenvalue weighted by Crippen LogP contribution is -2.33.